The molecule has 66 valence electrons. The van der Waals surface area contributed by atoms with Gasteiger partial charge in [0.05, 0.1) is 0 Å². The van der Waals surface area contributed by atoms with E-state index in [1.54, 1.807) is 4.57 Å². The summed E-state index contributed by atoms with van der Waals surface area (Å²) >= 11 is 0. The third-order valence-corrected chi connectivity index (χ3v) is 1.53. The van der Waals surface area contributed by atoms with E-state index in [1.165, 1.54) is 0 Å². The largest absolute Gasteiger partial charge is 0.368 e. The van der Waals surface area contributed by atoms with Crippen molar-refractivity contribution in [3.05, 3.63) is 24.0 Å². The lowest BCUT2D eigenvalue weighted by atomic mass is 10.3. The molecule has 0 radical (unpaired) electrons. The monoisotopic (exact) mass is 167 g/mol. The van der Waals surface area contributed by atoms with Crippen LogP contribution in [-0.4, -0.2) is 17.5 Å². The van der Waals surface area contributed by atoms with Crippen molar-refractivity contribution < 1.29 is 4.79 Å². The van der Waals surface area contributed by atoms with Gasteiger partial charge in [0.2, 0.25) is 5.91 Å². The van der Waals surface area contributed by atoms with Crippen molar-refractivity contribution in [1.29, 1.82) is 0 Å². The molecule has 0 aromatic carbocycles. The number of rotatable bonds is 4. The van der Waals surface area contributed by atoms with Crippen LogP contribution in [0.5, 0.6) is 0 Å². The maximum absolute atomic E-state index is 10.5. The minimum atomic E-state index is -0.318. The molecule has 1 aromatic heterocycles. The Labute approximate surface area is 71.4 Å². The summed E-state index contributed by atoms with van der Waals surface area (Å²) in [6.45, 7) is 1.06. The van der Waals surface area contributed by atoms with Gasteiger partial charge in [-0.05, 0) is 18.7 Å². The number of amides is 1. The third kappa shape index (κ3) is 2.39. The maximum atomic E-state index is 10.5. The normalized spacial score (nSPS) is 10.1. The van der Waals surface area contributed by atoms with Crippen LogP contribution in [0.25, 0.3) is 0 Å². The van der Waals surface area contributed by atoms with E-state index in [4.69, 9.17) is 5.73 Å². The first-order valence-corrected chi connectivity index (χ1v) is 3.80. The predicted octanol–water partition coefficient (Wildman–Crippen LogP) is -0.307. The first-order valence-electron chi connectivity index (χ1n) is 3.80. The summed E-state index contributed by atoms with van der Waals surface area (Å²) in [4.78, 5) is 10.5. The molecule has 0 saturated heterocycles. The summed E-state index contributed by atoms with van der Waals surface area (Å²) in [7, 11) is 1.88. The van der Waals surface area contributed by atoms with Crippen molar-refractivity contribution in [1.82, 2.24) is 9.88 Å². The second kappa shape index (κ2) is 3.92. The predicted molar refractivity (Wildman–Crippen MR) is 46.4 cm³/mol. The highest BCUT2D eigenvalue weighted by molar-refractivity contribution is 5.73. The lowest BCUT2D eigenvalue weighted by Gasteiger charge is -1.96. The Morgan fingerprint density at radius 1 is 1.75 bits per heavy atom. The van der Waals surface area contributed by atoms with Crippen molar-refractivity contribution in [2.75, 3.05) is 7.05 Å². The quantitative estimate of drug-likeness (QED) is 0.646. The van der Waals surface area contributed by atoms with Gasteiger partial charge in [-0.15, -0.1) is 0 Å². The van der Waals surface area contributed by atoms with Gasteiger partial charge in [0.1, 0.15) is 6.54 Å². The second-order valence-electron chi connectivity index (χ2n) is 2.69. The van der Waals surface area contributed by atoms with E-state index in [2.05, 4.69) is 5.32 Å². The molecule has 0 spiro atoms. The second-order valence-corrected chi connectivity index (χ2v) is 2.69. The average Bonchev–Trinajstić information content (AvgIpc) is 2.36. The number of primary amides is 1. The molecule has 0 saturated carbocycles. The lowest BCUT2D eigenvalue weighted by Crippen LogP contribution is -2.17. The number of nitrogens with one attached hydrogen (secondary N) is 1. The average molecular weight is 167 g/mol. The zero-order valence-electron chi connectivity index (χ0n) is 7.08. The first kappa shape index (κ1) is 8.80. The minimum absolute atomic E-state index is 0.254. The van der Waals surface area contributed by atoms with Crippen molar-refractivity contribution in [2.45, 2.75) is 13.1 Å². The molecule has 1 amide bonds. The summed E-state index contributed by atoms with van der Waals surface area (Å²) < 4.78 is 1.77. The summed E-state index contributed by atoms with van der Waals surface area (Å²) in [6, 6.07) is 1.96. The van der Waals surface area contributed by atoms with Crippen LogP contribution < -0.4 is 11.1 Å². The summed E-state index contributed by atoms with van der Waals surface area (Å²) in [6.07, 6.45) is 3.75. The molecule has 3 N–H and O–H groups in total. The van der Waals surface area contributed by atoms with Crippen molar-refractivity contribution in [2.24, 2.45) is 5.73 Å². The van der Waals surface area contributed by atoms with Gasteiger partial charge in [-0.3, -0.25) is 4.79 Å². The van der Waals surface area contributed by atoms with E-state index in [1.807, 2.05) is 25.5 Å². The van der Waals surface area contributed by atoms with Crippen LogP contribution in [0.3, 0.4) is 0 Å². The summed E-state index contributed by atoms with van der Waals surface area (Å²) in [5, 5.41) is 3.02. The molecule has 1 rings (SSSR count). The van der Waals surface area contributed by atoms with Gasteiger partial charge in [-0.1, -0.05) is 0 Å². The van der Waals surface area contributed by atoms with Gasteiger partial charge in [0, 0.05) is 18.9 Å². The number of carbonyl (C=O) groups is 1. The molecule has 12 heavy (non-hydrogen) atoms. The fourth-order valence-corrected chi connectivity index (χ4v) is 1.08. The SMILES string of the molecule is CNCc1ccn(CC(N)=O)c1. The molecule has 0 unspecified atom stereocenters. The number of carbonyl (C=O) groups excluding carboxylic acids is 1. The van der Waals surface area contributed by atoms with Gasteiger partial charge < -0.3 is 15.6 Å². The van der Waals surface area contributed by atoms with E-state index in [-0.39, 0.29) is 12.5 Å². The highest BCUT2D eigenvalue weighted by atomic mass is 16.1. The molecule has 0 bridgehead atoms. The van der Waals surface area contributed by atoms with E-state index in [0.29, 0.717) is 0 Å². The number of hydrogen-bond acceptors (Lipinski definition) is 2. The molecule has 0 fully saturated rings. The molecule has 0 aliphatic carbocycles. The van der Waals surface area contributed by atoms with Gasteiger partial charge in [-0.2, -0.15) is 0 Å². The highest BCUT2D eigenvalue weighted by Gasteiger charge is 1.97. The minimum Gasteiger partial charge on any atom is -0.368 e. The zero-order valence-corrected chi connectivity index (χ0v) is 7.08. The van der Waals surface area contributed by atoms with Crippen LogP contribution >= 0.6 is 0 Å². The Kier molecular flexibility index (Phi) is 2.88. The van der Waals surface area contributed by atoms with Crippen molar-refractivity contribution >= 4 is 5.91 Å². The van der Waals surface area contributed by atoms with Gasteiger partial charge in [0.15, 0.2) is 0 Å². The van der Waals surface area contributed by atoms with Gasteiger partial charge >= 0.3 is 0 Å². The molecule has 4 heteroatoms. The van der Waals surface area contributed by atoms with Crippen LogP contribution in [0.2, 0.25) is 0 Å². The molecule has 1 aromatic rings. The van der Waals surface area contributed by atoms with Gasteiger partial charge in [0.25, 0.3) is 0 Å². The van der Waals surface area contributed by atoms with E-state index in [9.17, 15) is 4.79 Å². The zero-order chi connectivity index (χ0) is 8.97. The highest BCUT2D eigenvalue weighted by Crippen LogP contribution is 1.99. The summed E-state index contributed by atoms with van der Waals surface area (Å²) in [5.74, 6) is -0.318. The lowest BCUT2D eigenvalue weighted by molar-refractivity contribution is -0.118. The van der Waals surface area contributed by atoms with Crippen LogP contribution in [0.15, 0.2) is 18.5 Å². The fraction of sp³-hybridized carbons (Fsp3) is 0.375. The molecular formula is C8H13N3O. The Balaban J connectivity index is 2.58. The van der Waals surface area contributed by atoms with Crippen LogP contribution in [0.4, 0.5) is 0 Å². The third-order valence-electron chi connectivity index (χ3n) is 1.53. The van der Waals surface area contributed by atoms with Crippen molar-refractivity contribution in [3.63, 3.8) is 0 Å². The molecule has 0 aliphatic rings. The Morgan fingerprint density at radius 2 is 2.50 bits per heavy atom. The number of aromatic nitrogens is 1. The maximum Gasteiger partial charge on any atom is 0.237 e. The smallest absolute Gasteiger partial charge is 0.237 e. The van der Waals surface area contributed by atoms with E-state index >= 15 is 0 Å². The fourth-order valence-electron chi connectivity index (χ4n) is 1.08. The van der Waals surface area contributed by atoms with Crippen LogP contribution in [0.1, 0.15) is 5.56 Å². The molecular weight excluding hydrogens is 154 g/mol. The van der Waals surface area contributed by atoms with E-state index in [0.717, 1.165) is 12.1 Å². The molecule has 0 atom stereocenters. The Bertz CT molecular complexity index is 267. The molecule has 1 heterocycles. The Morgan fingerprint density at radius 3 is 3.08 bits per heavy atom. The van der Waals surface area contributed by atoms with Crippen LogP contribution in [-0.2, 0) is 17.9 Å². The number of hydrogen-bond donors (Lipinski definition) is 2. The number of nitrogens with zero attached hydrogens (tertiary/aromatic N) is 1. The topological polar surface area (TPSA) is 60.1 Å². The standard InChI is InChI=1S/C8H13N3O/c1-10-4-7-2-3-11(5-7)6-8(9)12/h2-3,5,10H,4,6H2,1H3,(H2,9,12). The first-order chi connectivity index (χ1) is 5.72. The Hall–Kier alpha value is -1.29. The summed E-state index contributed by atoms with van der Waals surface area (Å²) in [5.41, 5.74) is 6.18. The number of nitrogens with two attached hydrogens (primary N) is 1. The molecule has 4 nitrogen and oxygen atoms in total. The van der Waals surface area contributed by atoms with E-state index < -0.39 is 0 Å². The van der Waals surface area contributed by atoms with Crippen LogP contribution in [0, 0.1) is 0 Å². The molecule has 0 aliphatic heterocycles. The van der Waals surface area contributed by atoms with Gasteiger partial charge in [-0.25, -0.2) is 0 Å². The van der Waals surface area contributed by atoms with Crippen molar-refractivity contribution in [3.8, 4) is 0 Å².